The number of carbonyl (C=O) groups excluding carboxylic acids is 1. The molecule has 1 aliphatic rings. The molecular formula is C22H22N4O3. The van der Waals surface area contributed by atoms with Crippen LogP contribution in [0.2, 0.25) is 0 Å². The molecule has 0 aliphatic carbocycles. The zero-order valence-corrected chi connectivity index (χ0v) is 16.5. The lowest BCUT2D eigenvalue weighted by Crippen LogP contribution is -2.38. The van der Waals surface area contributed by atoms with Crippen LogP contribution in [0.3, 0.4) is 0 Å². The van der Waals surface area contributed by atoms with Gasteiger partial charge in [-0.1, -0.05) is 18.2 Å². The van der Waals surface area contributed by atoms with E-state index in [1.54, 1.807) is 36.5 Å². The standard InChI is InChI=1S/C22H22N4O3/c1-15-7-8-25(14-18-12-23-16(2)11-24-18)21(27)20(15)22(28)26-9-10-29-19-6-4-3-5-17(19)13-26/h3-8,11-12H,9-10,13-14H2,1-2H3. The summed E-state index contributed by atoms with van der Waals surface area (Å²) in [4.78, 5) is 36.6. The van der Waals surface area contributed by atoms with Crippen LogP contribution in [0.4, 0.5) is 0 Å². The summed E-state index contributed by atoms with van der Waals surface area (Å²) >= 11 is 0. The Balaban J connectivity index is 1.64. The molecule has 2 aromatic heterocycles. The predicted octanol–water partition coefficient (Wildman–Crippen LogP) is 2.34. The molecule has 7 heteroatoms. The first-order valence-electron chi connectivity index (χ1n) is 9.50. The van der Waals surface area contributed by atoms with E-state index in [-0.39, 0.29) is 23.6 Å². The van der Waals surface area contributed by atoms with Gasteiger partial charge in [-0.15, -0.1) is 0 Å². The van der Waals surface area contributed by atoms with Gasteiger partial charge in [-0.05, 0) is 31.5 Å². The lowest BCUT2D eigenvalue weighted by Gasteiger charge is -2.21. The molecule has 0 unspecified atom stereocenters. The molecule has 0 N–H and O–H groups in total. The van der Waals surface area contributed by atoms with Crippen molar-refractivity contribution in [2.75, 3.05) is 13.2 Å². The number of amides is 1. The third kappa shape index (κ3) is 3.89. The summed E-state index contributed by atoms with van der Waals surface area (Å²) in [6.07, 6.45) is 5.00. The number of hydrogen-bond acceptors (Lipinski definition) is 5. The highest BCUT2D eigenvalue weighted by atomic mass is 16.5. The van der Waals surface area contributed by atoms with Crippen LogP contribution in [-0.2, 0) is 13.1 Å². The molecule has 3 heterocycles. The SMILES string of the molecule is Cc1cnc(Cn2ccc(C)c(C(=O)N3CCOc4ccccc4C3)c2=O)cn1. The Morgan fingerprint density at radius 3 is 2.76 bits per heavy atom. The second kappa shape index (κ2) is 7.87. The van der Waals surface area contributed by atoms with E-state index in [2.05, 4.69) is 9.97 Å². The number of ether oxygens (including phenoxy) is 1. The van der Waals surface area contributed by atoms with E-state index in [1.165, 1.54) is 4.57 Å². The van der Waals surface area contributed by atoms with Crippen LogP contribution in [0.1, 0.15) is 32.9 Å². The van der Waals surface area contributed by atoms with Gasteiger partial charge >= 0.3 is 0 Å². The Bertz CT molecular complexity index is 1110. The van der Waals surface area contributed by atoms with Gasteiger partial charge in [-0.25, -0.2) is 0 Å². The van der Waals surface area contributed by atoms with Gasteiger partial charge in [0.25, 0.3) is 11.5 Å². The molecule has 29 heavy (non-hydrogen) atoms. The smallest absolute Gasteiger partial charge is 0.264 e. The molecule has 0 saturated heterocycles. The fraction of sp³-hybridized carbons (Fsp3) is 0.273. The van der Waals surface area contributed by atoms with Gasteiger partial charge in [-0.3, -0.25) is 19.6 Å². The molecule has 0 spiro atoms. The molecule has 1 aliphatic heterocycles. The molecule has 1 amide bonds. The summed E-state index contributed by atoms with van der Waals surface area (Å²) in [5.74, 6) is 0.500. The highest BCUT2D eigenvalue weighted by Gasteiger charge is 2.25. The minimum atomic E-state index is -0.323. The quantitative estimate of drug-likeness (QED) is 0.686. The van der Waals surface area contributed by atoms with Gasteiger partial charge in [0, 0.05) is 24.5 Å². The normalized spacial score (nSPS) is 13.4. The molecule has 0 saturated carbocycles. The molecular weight excluding hydrogens is 368 g/mol. The Morgan fingerprint density at radius 1 is 1.14 bits per heavy atom. The first kappa shape index (κ1) is 18.9. The Kier molecular flexibility index (Phi) is 5.12. The van der Waals surface area contributed by atoms with E-state index in [9.17, 15) is 9.59 Å². The molecule has 4 rings (SSSR count). The molecule has 148 valence electrons. The van der Waals surface area contributed by atoms with Crippen molar-refractivity contribution < 1.29 is 9.53 Å². The van der Waals surface area contributed by atoms with Gasteiger partial charge in [0.15, 0.2) is 0 Å². The average molecular weight is 390 g/mol. The van der Waals surface area contributed by atoms with Gasteiger partial charge in [0.1, 0.15) is 17.9 Å². The van der Waals surface area contributed by atoms with Crippen molar-refractivity contribution in [1.29, 1.82) is 0 Å². The number of carbonyl (C=O) groups is 1. The second-order valence-electron chi connectivity index (χ2n) is 7.14. The number of rotatable bonds is 3. The van der Waals surface area contributed by atoms with Crippen LogP contribution in [0.15, 0.2) is 53.7 Å². The first-order chi connectivity index (χ1) is 14.0. The zero-order chi connectivity index (χ0) is 20.4. The van der Waals surface area contributed by atoms with Crippen molar-refractivity contribution >= 4 is 5.91 Å². The van der Waals surface area contributed by atoms with Gasteiger partial charge in [0.05, 0.1) is 30.7 Å². The number of nitrogens with zero attached hydrogens (tertiary/aromatic N) is 4. The van der Waals surface area contributed by atoms with Gasteiger partial charge in [0.2, 0.25) is 0 Å². The molecule has 0 bridgehead atoms. The van der Waals surface area contributed by atoms with Crippen LogP contribution in [-0.4, -0.2) is 38.5 Å². The number of benzene rings is 1. The first-order valence-corrected chi connectivity index (χ1v) is 9.50. The monoisotopic (exact) mass is 390 g/mol. The van der Waals surface area contributed by atoms with Crippen molar-refractivity contribution in [3.63, 3.8) is 0 Å². The molecule has 0 fully saturated rings. The number of aryl methyl sites for hydroxylation is 2. The van der Waals surface area contributed by atoms with Crippen molar-refractivity contribution in [2.45, 2.75) is 26.9 Å². The summed E-state index contributed by atoms with van der Waals surface area (Å²) < 4.78 is 7.25. The van der Waals surface area contributed by atoms with Crippen LogP contribution < -0.4 is 10.3 Å². The maximum Gasteiger partial charge on any atom is 0.264 e. The summed E-state index contributed by atoms with van der Waals surface area (Å²) in [6, 6.07) is 9.45. The van der Waals surface area contributed by atoms with E-state index in [1.807, 2.05) is 31.2 Å². The summed E-state index contributed by atoms with van der Waals surface area (Å²) in [7, 11) is 0. The third-order valence-corrected chi connectivity index (χ3v) is 4.99. The lowest BCUT2D eigenvalue weighted by atomic mass is 10.1. The predicted molar refractivity (Wildman–Crippen MR) is 108 cm³/mol. The number of aromatic nitrogens is 3. The maximum atomic E-state index is 13.3. The second-order valence-corrected chi connectivity index (χ2v) is 7.14. The number of pyridine rings is 1. The number of fused-ring (bicyclic) bond motifs is 1. The van der Waals surface area contributed by atoms with Crippen LogP contribution in [0, 0.1) is 13.8 Å². The fourth-order valence-corrected chi connectivity index (χ4v) is 3.38. The Labute approximate surface area is 168 Å². The van der Waals surface area contributed by atoms with Crippen LogP contribution >= 0.6 is 0 Å². The van der Waals surface area contributed by atoms with Crippen LogP contribution in [0.25, 0.3) is 0 Å². The van der Waals surface area contributed by atoms with Gasteiger partial charge in [-0.2, -0.15) is 0 Å². The Hall–Kier alpha value is -3.48. The lowest BCUT2D eigenvalue weighted by molar-refractivity contribution is 0.0730. The summed E-state index contributed by atoms with van der Waals surface area (Å²) in [6.45, 7) is 5.12. The zero-order valence-electron chi connectivity index (χ0n) is 16.5. The van der Waals surface area contributed by atoms with Crippen LogP contribution in [0.5, 0.6) is 5.75 Å². The number of para-hydroxylation sites is 1. The van der Waals surface area contributed by atoms with Crippen molar-refractivity contribution in [1.82, 2.24) is 19.4 Å². The molecule has 3 aromatic rings. The molecule has 0 atom stereocenters. The van der Waals surface area contributed by atoms with E-state index in [4.69, 9.17) is 4.74 Å². The Morgan fingerprint density at radius 2 is 1.97 bits per heavy atom. The van der Waals surface area contributed by atoms with E-state index >= 15 is 0 Å². The fourth-order valence-electron chi connectivity index (χ4n) is 3.38. The van der Waals surface area contributed by atoms with E-state index < -0.39 is 0 Å². The number of hydrogen-bond donors (Lipinski definition) is 0. The van der Waals surface area contributed by atoms with E-state index in [0.29, 0.717) is 31.0 Å². The van der Waals surface area contributed by atoms with Crippen molar-refractivity contribution in [3.05, 3.63) is 87.4 Å². The summed E-state index contributed by atoms with van der Waals surface area (Å²) in [5.41, 5.74) is 2.93. The van der Waals surface area contributed by atoms with E-state index in [0.717, 1.165) is 17.0 Å². The largest absolute Gasteiger partial charge is 0.491 e. The van der Waals surface area contributed by atoms with Crippen molar-refractivity contribution in [2.24, 2.45) is 0 Å². The minimum absolute atomic E-state index is 0.187. The van der Waals surface area contributed by atoms with Gasteiger partial charge < -0.3 is 14.2 Å². The van der Waals surface area contributed by atoms with Crippen molar-refractivity contribution in [3.8, 4) is 5.75 Å². The highest BCUT2D eigenvalue weighted by Crippen LogP contribution is 2.23. The molecule has 1 aromatic carbocycles. The summed E-state index contributed by atoms with van der Waals surface area (Å²) in [5, 5.41) is 0. The highest BCUT2D eigenvalue weighted by molar-refractivity contribution is 5.95. The molecule has 7 nitrogen and oxygen atoms in total. The minimum Gasteiger partial charge on any atom is -0.491 e. The molecule has 0 radical (unpaired) electrons. The average Bonchev–Trinajstić information content (AvgIpc) is 2.94. The maximum absolute atomic E-state index is 13.3. The topological polar surface area (TPSA) is 77.3 Å². The third-order valence-electron chi connectivity index (χ3n) is 4.99.